The summed E-state index contributed by atoms with van der Waals surface area (Å²) in [6, 6.07) is 0.712. The summed E-state index contributed by atoms with van der Waals surface area (Å²) >= 11 is 0. The molecule has 1 fully saturated rings. The molecular formula is C12H26N2O. The van der Waals surface area contributed by atoms with Crippen molar-refractivity contribution in [2.75, 3.05) is 33.3 Å². The molecule has 1 aliphatic heterocycles. The van der Waals surface area contributed by atoms with E-state index >= 15 is 0 Å². The maximum atomic E-state index is 8.75. The minimum atomic E-state index is 0.337. The minimum absolute atomic E-state index is 0.337. The van der Waals surface area contributed by atoms with Crippen molar-refractivity contribution in [1.29, 1.82) is 0 Å². The molecule has 1 rings (SSSR count). The maximum absolute atomic E-state index is 8.75. The normalized spacial score (nSPS) is 28.2. The summed E-state index contributed by atoms with van der Waals surface area (Å²) < 4.78 is 0. The highest BCUT2D eigenvalue weighted by Gasteiger charge is 2.26. The predicted molar refractivity (Wildman–Crippen MR) is 64.0 cm³/mol. The highest BCUT2D eigenvalue weighted by Crippen LogP contribution is 2.20. The third kappa shape index (κ3) is 4.09. The number of unbranched alkanes of at least 4 members (excludes halogenated alkanes) is 1. The third-order valence-corrected chi connectivity index (χ3v) is 3.60. The van der Waals surface area contributed by atoms with Crippen LogP contribution in [0.4, 0.5) is 0 Å². The van der Waals surface area contributed by atoms with E-state index in [1.807, 2.05) is 0 Å². The van der Waals surface area contributed by atoms with E-state index in [1.54, 1.807) is 0 Å². The smallest absolute Gasteiger partial charge is 0.0431 e. The quantitative estimate of drug-likeness (QED) is 0.650. The standard InChI is InChI=1S/C12H26N2O/c1-3-11-10-14(7-4-5-9-15)8-6-12(11)13-2/h11-13,15H,3-10H2,1-2H3. The van der Waals surface area contributed by atoms with E-state index in [0.29, 0.717) is 12.6 Å². The molecule has 0 amide bonds. The Balaban J connectivity index is 2.26. The first-order valence-electron chi connectivity index (χ1n) is 6.32. The van der Waals surface area contributed by atoms with Gasteiger partial charge in [0.15, 0.2) is 0 Å². The van der Waals surface area contributed by atoms with Gasteiger partial charge in [-0.05, 0) is 45.3 Å². The molecular weight excluding hydrogens is 188 g/mol. The van der Waals surface area contributed by atoms with Gasteiger partial charge in [0.1, 0.15) is 0 Å². The van der Waals surface area contributed by atoms with Crippen molar-refractivity contribution in [3.63, 3.8) is 0 Å². The molecule has 1 aliphatic rings. The van der Waals surface area contributed by atoms with E-state index in [2.05, 4.69) is 24.2 Å². The van der Waals surface area contributed by atoms with E-state index in [1.165, 1.54) is 25.9 Å². The molecule has 3 nitrogen and oxygen atoms in total. The molecule has 90 valence electrons. The molecule has 15 heavy (non-hydrogen) atoms. The van der Waals surface area contributed by atoms with Gasteiger partial charge in [0.05, 0.1) is 0 Å². The second-order valence-electron chi connectivity index (χ2n) is 4.58. The van der Waals surface area contributed by atoms with Crippen LogP contribution in [0.25, 0.3) is 0 Å². The van der Waals surface area contributed by atoms with Gasteiger partial charge in [-0.25, -0.2) is 0 Å². The lowest BCUT2D eigenvalue weighted by Crippen LogP contribution is -2.48. The number of hydrogen-bond acceptors (Lipinski definition) is 3. The SMILES string of the molecule is CCC1CN(CCCCO)CCC1NC. The molecule has 2 atom stereocenters. The van der Waals surface area contributed by atoms with Crippen molar-refractivity contribution < 1.29 is 5.11 Å². The lowest BCUT2D eigenvalue weighted by atomic mass is 9.90. The fraction of sp³-hybridized carbons (Fsp3) is 1.00. The van der Waals surface area contributed by atoms with Crippen molar-refractivity contribution in [2.24, 2.45) is 5.92 Å². The Kier molecular flexibility index (Phi) is 6.22. The molecule has 0 radical (unpaired) electrons. The van der Waals surface area contributed by atoms with Crippen LogP contribution in [0.5, 0.6) is 0 Å². The van der Waals surface area contributed by atoms with Crippen LogP contribution in [-0.4, -0.2) is 49.3 Å². The largest absolute Gasteiger partial charge is 0.396 e. The average Bonchev–Trinajstić information content (AvgIpc) is 2.29. The van der Waals surface area contributed by atoms with Crippen LogP contribution in [0.2, 0.25) is 0 Å². The van der Waals surface area contributed by atoms with E-state index in [9.17, 15) is 0 Å². The second-order valence-corrected chi connectivity index (χ2v) is 4.58. The second kappa shape index (κ2) is 7.20. The van der Waals surface area contributed by atoms with Gasteiger partial charge in [-0.3, -0.25) is 0 Å². The Labute approximate surface area is 93.9 Å². The zero-order valence-electron chi connectivity index (χ0n) is 10.2. The summed E-state index contributed by atoms with van der Waals surface area (Å²) in [5.74, 6) is 0.804. The fourth-order valence-corrected chi connectivity index (χ4v) is 2.55. The summed E-state index contributed by atoms with van der Waals surface area (Å²) in [7, 11) is 2.08. The van der Waals surface area contributed by atoms with Crippen molar-refractivity contribution >= 4 is 0 Å². The van der Waals surface area contributed by atoms with Gasteiger partial charge in [-0.1, -0.05) is 13.3 Å². The van der Waals surface area contributed by atoms with Crippen LogP contribution in [0.3, 0.4) is 0 Å². The number of nitrogens with one attached hydrogen (secondary N) is 1. The molecule has 2 N–H and O–H groups in total. The van der Waals surface area contributed by atoms with Crippen LogP contribution in [-0.2, 0) is 0 Å². The summed E-state index contributed by atoms with van der Waals surface area (Å²) in [6.45, 7) is 6.23. The Bertz CT molecular complexity index is 162. The summed E-state index contributed by atoms with van der Waals surface area (Å²) in [6.07, 6.45) is 4.62. The maximum Gasteiger partial charge on any atom is 0.0431 e. The molecule has 3 heteroatoms. The van der Waals surface area contributed by atoms with E-state index in [-0.39, 0.29) is 0 Å². The molecule has 0 bridgehead atoms. The van der Waals surface area contributed by atoms with E-state index < -0.39 is 0 Å². The lowest BCUT2D eigenvalue weighted by molar-refractivity contribution is 0.134. The van der Waals surface area contributed by atoms with Gasteiger partial charge in [0.2, 0.25) is 0 Å². The van der Waals surface area contributed by atoms with Crippen LogP contribution < -0.4 is 5.32 Å². The molecule has 0 spiro atoms. The third-order valence-electron chi connectivity index (χ3n) is 3.60. The topological polar surface area (TPSA) is 35.5 Å². The summed E-state index contributed by atoms with van der Waals surface area (Å²) in [5, 5.41) is 12.2. The van der Waals surface area contributed by atoms with Crippen molar-refractivity contribution in [2.45, 2.75) is 38.6 Å². The lowest BCUT2D eigenvalue weighted by Gasteiger charge is -2.38. The Morgan fingerprint density at radius 3 is 2.80 bits per heavy atom. The predicted octanol–water partition coefficient (Wildman–Crippen LogP) is 1.08. The van der Waals surface area contributed by atoms with Crippen molar-refractivity contribution in [3.05, 3.63) is 0 Å². The fourth-order valence-electron chi connectivity index (χ4n) is 2.55. The van der Waals surface area contributed by atoms with Gasteiger partial charge in [-0.15, -0.1) is 0 Å². The number of aliphatic hydroxyl groups excluding tert-OH is 1. The Morgan fingerprint density at radius 1 is 1.40 bits per heavy atom. The monoisotopic (exact) mass is 214 g/mol. The van der Waals surface area contributed by atoms with Crippen LogP contribution in [0, 0.1) is 5.92 Å². The number of hydrogen-bond donors (Lipinski definition) is 2. The number of aliphatic hydroxyl groups is 1. The van der Waals surface area contributed by atoms with Gasteiger partial charge in [-0.2, -0.15) is 0 Å². The first-order valence-corrected chi connectivity index (χ1v) is 6.32. The molecule has 0 saturated carbocycles. The van der Waals surface area contributed by atoms with Gasteiger partial charge in [0.25, 0.3) is 0 Å². The zero-order chi connectivity index (χ0) is 11.1. The number of likely N-dealkylation sites (tertiary alicyclic amines) is 1. The van der Waals surface area contributed by atoms with Crippen LogP contribution in [0.15, 0.2) is 0 Å². The Hall–Kier alpha value is -0.120. The minimum Gasteiger partial charge on any atom is -0.396 e. The van der Waals surface area contributed by atoms with E-state index in [4.69, 9.17) is 5.11 Å². The molecule has 2 unspecified atom stereocenters. The summed E-state index contributed by atoms with van der Waals surface area (Å²) in [5.41, 5.74) is 0. The molecule has 0 aliphatic carbocycles. The molecule has 0 aromatic rings. The van der Waals surface area contributed by atoms with Gasteiger partial charge in [0, 0.05) is 19.2 Å². The van der Waals surface area contributed by atoms with Crippen molar-refractivity contribution in [1.82, 2.24) is 10.2 Å². The molecule has 1 saturated heterocycles. The molecule has 1 heterocycles. The number of nitrogens with zero attached hydrogens (tertiary/aromatic N) is 1. The number of rotatable bonds is 6. The highest BCUT2D eigenvalue weighted by atomic mass is 16.2. The zero-order valence-corrected chi connectivity index (χ0v) is 10.2. The Morgan fingerprint density at radius 2 is 2.20 bits per heavy atom. The summed E-state index contributed by atoms with van der Waals surface area (Å²) in [4.78, 5) is 2.55. The van der Waals surface area contributed by atoms with Crippen LogP contribution in [0.1, 0.15) is 32.6 Å². The average molecular weight is 214 g/mol. The molecule has 0 aromatic heterocycles. The molecule has 0 aromatic carbocycles. The first-order chi connectivity index (χ1) is 7.31. The first kappa shape index (κ1) is 12.9. The highest BCUT2D eigenvalue weighted by molar-refractivity contribution is 4.83. The van der Waals surface area contributed by atoms with E-state index in [0.717, 1.165) is 25.3 Å². The van der Waals surface area contributed by atoms with Crippen molar-refractivity contribution in [3.8, 4) is 0 Å². The van der Waals surface area contributed by atoms with Gasteiger partial charge >= 0.3 is 0 Å². The van der Waals surface area contributed by atoms with Gasteiger partial charge < -0.3 is 15.3 Å². The van der Waals surface area contributed by atoms with Crippen LogP contribution >= 0.6 is 0 Å². The number of piperidine rings is 1.